The van der Waals surface area contributed by atoms with Gasteiger partial charge in [0.15, 0.2) is 0 Å². The Hall–Kier alpha value is -1.87. The van der Waals surface area contributed by atoms with Crippen molar-refractivity contribution in [1.82, 2.24) is 9.88 Å². The summed E-state index contributed by atoms with van der Waals surface area (Å²) in [6.07, 6.45) is 4.00. The Labute approximate surface area is 145 Å². The summed E-state index contributed by atoms with van der Waals surface area (Å²) in [6, 6.07) is 17.3. The van der Waals surface area contributed by atoms with Crippen LogP contribution in [0, 0.1) is 12.3 Å². The number of likely N-dealkylation sites (tertiary alicyclic amines) is 1. The van der Waals surface area contributed by atoms with Gasteiger partial charge in [-0.3, -0.25) is 9.88 Å². The molecule has 1 spiro atoms. The molecule has 0 N–H and O–H groups in total. The van der Waals surface area contributed by atoms with Crippen molar-refractivity contribution in [1.29, 1.82) is 0 Å². The molecular formula is C21H27N3. The van der Waals surface area contributed by atoms with Crippen molar-refractivity contribution in [3.63, 3.8) is 0 Å². The maximum absolute atomic E-state index is 4.69. The number of benzene rings is 1. The van der Waals surface area contributed by atoms with Gasteiger partial charge in [0.25, 0.3) is 0 Å². The van der Waals surface area contributed by atoms with Crippen LogP contribution in [-0.2, 0) is 6.54 Å². The van der Waals surface area contributed by atoms with E-state index in [4.69, 9.17) is 4.98 Å². The number of aromatic nitrogens is 1. The first kappa shape index (κ1) is 15.6. The highest BCUT2D eigenvalue weighted by Crippen LogP contribution is 2.40. The molecule has 3 heteroatoms. The molecule has 2 fully saturated rings. The Morgan fingerprint density at radius 2 is 1.83 bits per heavy atom. The molecular weight excluding hydrogens is 294 g/mol. The standard InChI is InChI=1S/C21H27N3/c1-18-7-5-8-19(22-18)15-23-13-6-11-21(16-23)12-14-24(17-21)20-9-3-2-4-10-20/h2-5,7-10H,6,11-17H2,1H3. The quantitative estimate of drug-likeness (QED) is 0.855. The molecule has 1 atom stereocenters. The molecule has 126 valence electrons. The van der Waals surface area contributed by atoms with Crippen LogP contribution < -0.4 is 4.90 Å². The first-order chi connectivity index (χ1) is 11.7. The van der Waals surface area contributed by atoms with Crippen LogP contribution in [0.1, 0.15) is 30.7 Å². The molecule has 0 bridgehead atoms. The van der Waals surface area contributed by atoms with Gasteiger partial charge >= 0.3 is 0 Å². The van der Waals surface area contributed by atoms with Crippen LogP contribution in [0.3, 0.4) is 0 Å². The van der Waals surface area contributed by atoms with E-state index in [0.717, 1.165) is 12.2 Å². The smallest absolute Gasteiger partial charge is 0.0547 e. The largest absolute Gasteiger partial charge is 0.371 e. The lowest BCUT2D eigenvalue weighted by Crippen LogP contribution is -2.44. The molecule has 0 saturated carbocycles. The number of aryl methyl sites for hydroxylation is 1. The van der Waals surface area contributed by atoms with E-state index < -0.39 is 0 Å². The minimum absolute atomic E-state index is 0.470. The van der Waals surface area contributed by atoms with Gasteiger partial charge in [0.1, 0.15) is 0 Å². The third-order valence-corrected chi connectivity index (χ3v) is 5.63. The molecule has 4 rings (SSSR count). The second-order valence-corrected chi connectivity index (χ2v) is 7.59. The van der Waals surface area contributed by atoms with Gasteiger partial charge in [-0.15, -0.1) is 0 Å². The minimum Gasteiger partial charge on any atom is -0.371 e. The number of para-hydroxylation sites is 1. The van der Waals surface area contributed by atoms with Crippen LogP contribution in [0.2, 0.25) is 0 Å². The van der Waals surface area contributed by atoms with E-state index in [1.54, 1.807) is 0 Å². The topological polar surface area (TPSA) is 19.4 Å². The van der Waals surface area contributed by atoms with Gasteiger partial charge in [-0.05, 0) is 57.0 Å². The maximum atomic E-state index is 4.69. The fourth-order valence-corrected chi connectivity index (χ4v) is 4.49. The first-order valence-electron chi connectivity index (χ1n) is 9.17. The van der Waals surface area contributed by atoms with E-state index in [1.807, 2.05) is 0 Å². The molecule has 0 aliphatic carbocycles. The molecule has 3 nitrogen and oxygen atoms in total. The third-order valence-electron chi connectivity index (χ3n) is 5.63. The van der Waals surface area contributed by atoms with Gasteiger partial charge < -0.3 is 4.90 Å². The number of nitrogens with zero attached hydrogens (tertiary/aromatic N) is 3. The van der Waals surface area contributed by atoms with E-state index in [0.29, 0.717) is 5.41 Å². The van der Waals surface area contributed by atoms with Gasteiger partial charge in [0.05, 0.1) is 5.69 Å². The molecule has 0 radical (unpaired) electrons. The Kier molecular flexibility index (Phi) is 4.28. The van der Waals surface area contributed by atoms with Crippen LogP contribution in [0.4, 0.5) is 5.69 Å². The van der Waals surface area contributed by atoms with Gasteiger partial charge in [0.2, 0.25) is 0 Å². The Balaban J connectivity index is 1.43. The molecule has 24 heavy (non-hydrogen) atoms. The van der Waals surface area contributed by atoms with Gasteiger partial charge in [-0.1, -0.05) is 24.3 Å². The molecule has 3 heterocycles. The fourth-order valence-electron chi connectivity index (χ4n) is 4.49. The third kappa shape index (κ3) is 3.32. The van der Waals surface area contributed by atoms with Gasteiger partial charge in [-0.2, -0.15) is 0 Å². The highest BCUT2D eigenvalue weighted by molar-refractivity contribution is 5.47. The predicted octanol–water partition coefficient (Wildman–Crippen LogP) is 3.88. The summed E-state index contributed by atoms with van der Waals surface area (Å²) in [5.41, 5.74) is 4.19. The maximum Gasteiger partial charge on any atom is 0.0547 e. The lowest BCUT2D eigenvalue weighted by molar-refractivity contribution is 0.0981. The van der Waals surface area contributed by atoms with Crippen molar-refractivity contribution in [3.05, 3.63) is 59.9 Å². The molecule has 0 amide bonds. The van der Waals surface area contributed by atoms with Crippen molar-refractivity contribution < 1.29 is 0 Å². The number of rotatable bonds is 3. The fraction of sp³-hybridized carbons (Fsp3) is 0.476. The number of pyridine rings is 1. The summed E-state index contributed by atoms with van der Waals surface area (Å²) in [4.78, 5) is 9.90. The van der Waals surface area contributed by atoms with Gasteiger partial charge in [0, 0.05) is 43.0 Å². The normalized spacial score (nSPS) is 24.6. The number of hydrogen-bond donors (Lipinski definition) is 0. The molecule has 1 aromatic heterocycles. The second kappa shape index (κ2) is 6.56. The predicted molar refractivity (Wildman–Crippen MR) is 99.2 cm³/mol. The zero-order valence-corrected chi connectivity index (χ0v) is 14.6. The zero-order chi connectivity index (χ0) is 16.4. The molecule has 2 aliphatic rings. The average molecular weight is 321 g/mol. The van der Waals surface area contributed by atoms with Crippen LogP contribution in [-0.4, -0.2) is 36.1 Å². The average Bonchev–Trinajstić information content (AvgIpc) is 2.99. The molecule has 2 aliphatic heterocycles. The number of anilines is 1. The van der Waals surface area contributed by atoms with Crippen molar-refractivity contribution in [2.45, 2.75) is 32.7 Å². The summed E-state index contributed by atoms with van der Waals surface area (Å²) in [5.74, 6) is 0. The van der Waals surface area contributed by atoms with Crippen molar-refractivity contribution in [2.24, 2.45) is 5.41 Å². The highest BCUT2D eigenvalue weighted by Gasteiger charge is 2.41. The number of hydrogen-bond acceptors (Lipinski definition) is 3. The molecule has 2 aromatic rings. The summed E-state index contributed by atoms with van der Waals surface area (Å²) in [5, 5.41) is 0. The lowest BCUT2D eigenvalue weighted by atomic mass is 9.79. The van der Waals surface area contributed by atoms with E-state index >= 15 is 0 Å². The molecule has 1 unspecified atom stereocenters. The lowest BCUT2D eigenvalue weighted by Gasteiger charge is -2.40. The Morgan fingerprint density at radius 1 is 0.958 bits per heavy atom. The van der Waals surface area contributed by atoms with Crippen molar-refractivity contribution in [3.8, 4) is 0 Å². The van der Waals surface area contributed by atoms with Crippen molar-refractivity contribution in [2.75, 3.05) is 31.1 Å². The van der Waals surface area contributed by atoms with Crippen LogP contribution in [0.15, 0.2) is 48.5 Å². The zero-order valence-electron chi connectivity index (χ0n) is 14.6. The number of piperidine rings is 1. The summed E-state index contributed by atoms with van der Waals surface area (Å²) >= 11 is 0. The van der Waals surface area contributed by atoms with Crippen molar-refractivity contribution >= 4 is 5.69 Å². The summed E-state index contributed by atoms with van der Waals surface area (Å²) in [7, 11) is 0. The Morgan fingerprint density at radius 3 is 2.67 bits per heavy atom. The SMILES string of the molecule is Cc1cccc(CN2CCCC3(CCN(c4ccccc4)C3)C2)n1. The van der Waals surface area contributed by atoms with E-state index in [-0.39, 0.29) is 0 Å². The Bertz CT molecular complexity index is 684. The monoisotopic (exact) mass is 321 g/mol. The van der Waals surface area contributed by atoms with E-state index in [9.17, 15) is 0 Å². The molecule has 1 aromatic carbocycles. The highest BCUT2D eigenvalue weighted by atomic mass is 15.2. The second-order valence-electron chi connectivity index (χ2n) is 7.59. The summed E-state index contributed by atoms with van der Waals surface area (Å²) < 4.78 is 0. The minimum atomic E-state index is 0.470. The molecule has 2 saturated heterocycles. The van der Waals surface area contributed by atoms with Crippen LogP contribution >= 0.6 is 0 Å². The van der Waals surface area contributed by atoms with Crippen LogP contribution in [0.5, 0.6) is 0 Å². The van der Waals surface area contributed by atoms with Gasteiger partial charge in [-0.25, -0.2) is 0 Å². The summed E-state index contributed by atoms with van der Waals surface area (Å²) in [6.45, 7) is 7.90. The first-order valence-corrected chi connectivity index (χ1v) is 9.17. The van der Waals surface area contributed by atoms with E-state index in [1.165, 1.54) is 56.8 Å². The van der Waals surface area contributed by atoms with Crippen LogP contribution in [0.25, 0.3) is 0 Å². The van der Waals surface area contributed by atoms with E-state index in [2.05, 4.69) is 65.3 Å².